The van der Waals surface area contributed by atoms with Crippen molar-refractivity contribution in [1.82, 2.24) is 16.0 Å². The molecule has 0 saturated heterocycles. The predicted octanol–water partition coefficient (Wildman–Crippen LogP) is 4.43. The van der Waals surface area contributed by atoms with Crippen molar-refractivity contribution in [3.63, 3.8) is 0 Å². The molecule has 7 atom stereocenters. The van der Waals surface area contributed by atoms with Gasteiger partial charge in [0.15, 0.2) is 0 Å². The molecule has 27 heteroatoms. The molecule has 3 N–H and O–H groups in total. The van der Waals surface area contributed by atoms with Gasteiger partial charge < -0.3 is 44.4 Å². The molecule has 0 fully saturated rings. The number of esters is 6. The number of ether oxygens (including phenoxy) is 6. The zero-order valence-electron chi connectivity index (χ0n) is 49.2. The summed E-state index contributed by atoms with van der Waals surface area (Å²) in [6, 6.07) is -4.17. The van der Waals surface area contributed by atoms with Gasteiger partial charge in [0.1, 0.15) is 37.4 Å². The number of amides is 3. The summed E-state index contributed by atoms with van der Waals surface area (Å²) in [7, 11) is 0. The Morgan fingerprint density at radius 2 is 0.704 bits per heavy atom. The molecule has 0 aromatic heterocycles. The Balaban J connectivity index is 5.40. The number of hydrogen-bond acceptors (Lipinski definition) is 24. The lowest BCUT2D eigenvalue weighted by atomic mass is 9.98. The van der Waals surface area contributed by atoms with Gasteiger partial charge in [-0.2, -0.15) is 0 Å². The van der Waals surface area contributed by atoms with E-state index >= 15 is 0 Å². The fourth-order valence-electron chi connectivity index (χ4n) is 7.08. The monoisotopic (exact) mass is 1210 g/mol. The largest absolute Gasteiger partial charge is 0.466 e. The van der Waals surface area contributed by atoms with Crippen LogP contribution < -0.4 is 16.0 Å². The van der Waals surface area contributed by atoms with Gasteiger partial charge in [-0.1, -0.05) is 63.0 Å². The number of thioether (sulfide) groups is 3. The fraction of sp³-hybridized carbons (Fsp3) is 0.722. The van der Waals surface area contributed by atoms with Gasteiger partial charge >= 0.3 is 35.8 Å². The molecule has 0 bridgehead atoms. The fourth-order valence-corrected chi connectivity index (χ4v) is 9.89. The first-order valence-electron chi connectivity index (χ1n) is 26.8. The molecule has 0 rings (SSSR count). The normalized spacial score (nSPS) is 14.1. The van der Waals surface area contributed by atoms with Gasteiger partial charge in [-0.25, -0.2) is 14.4 Å². The van der Waals surface area contributed by atoms with Gasteiger partial charge in [-0.15, -0.1) is 0 Å². The molecule has 0 spiro atoms. The van der Waals surface area contributed by atoms with E-state index in [0.29, 0.717) is 48.1 Å². The molecule has 0 radical (unpaired) electrons. The number of ketones is 3. The van der Waals surface area contributed by atoms with E-state index in [4.69, 9.17) is 28.4 Å². The highest BCUT2D eigenvalue weighted by molar-refractivity contribution is 8.17. The minimum atomic E-state index is -1.52. The van der Waals surface area contributed by atoms with Crippen LogP contribution in [0.2, 0.25) is 0 Å². The number of carbonyl (C=O) groups excluding carboxylic acids is 15. The van der Waals surface area contributed by atoms with Gasteiger partial charge in [-0.3, -0.25) is 57.5 Å². The average molecular weight is 1210 g/mol. The van der Waals surface area contributed by atoms with Gasteiger partial charge in [-0.05, 0) is 115 Å². The summed E-state index contributed by atoms with van der Waals surface area (Å²) in [5, 5.41) is 4.56. The molecule has 0 aliphatic rings. The maximum Gasteiger partial charge on any atom is 0.330 e. The van der Waals surface area contributed by atoms with Crippen LogP contribution in [0.3, 0.4) is 0 Å². The molecule has 0 aromatic carbocycles. The maximum atomic E-state index is 13.4. The van der Waals surface area contributed by atoms with E-state index in [1.807, 2.05) is 0 Å². The van der Waals surface area contributed by atoms with Crippen LogP contribution in [0.15, 0.2) is 0 Å². The van der Waals surface area contributed by atoms with Gasteiger partial charge in [0.2, 0.25) is 35.1 Å². The molecule has 24 nitrogen and oxygen atoms in total. The number of carbonyl (C=O) groups is 15. The zero-order chi connectivity index (χ0) is 62.6. The van der Waals surface area contributed by atoms with Crippen LogP contribution in [-0.4, -0.2) is 158 Å². The van der Waals surface area contributed by atoms with Crippen LogP contribution in [0.5, 0.6) is 0 Å². The van der Waals surface area contributed by atoms with Crippen LogP contribution >= 0.6 is 35.3 Å². The van der Waals surface area contributed by atoms with E-state index in [-0.39, 0.29) is 58.7 Å². The maximum absolute atomic E-state index is 13.4. The molecule has 7 unspecified atom stereocenters. The molecule has 0 heterocycles. The third-order valence-corrected chi connectivity index (χ3v) is 15.6. The Morgan fingerprint density at radius 1 is 0.395 bits per heavy atom. The highest BCUT2D eigenvalue weighted by Gasteiger charge is 2.45. The lowest BCUT2D eigenvalue weighted by molar-refractivity contribution is -0.152. The third kappa shape index (κ3) is 27.8. The number of hydrogen-bond donors (Lipinski definition) is 3. The lowest BCUT2D eigenvalue weighted by Crippen LogP contribution is -2.55. The zero-order valence-corrected chi connectivity index (χ0v) is 51.7. The van der Waals surface area contributed by atoms with E-state index in [9.17, 15) is 71.9 Å². The third-order valence-electron chi connectivity index (χ3n) is 12.1. The highest BCUT2D eigenvalue weighted by Crippen LogP contribution is 2.34. The second-order valence-electron chi connectivity index (χ2n) is 20.4. The Kier molecular flexibility index (Phi) is 34.1. The SMILES string of the molecule is CCOC(=O)CC(=O)C(=O)SC(C)(C)C(NC(=O)C(C)CCCC(C)OC(=O)CC(=O)C(=O)SC(C)(C)C(NC(=O)C(C)CCCOC(=O)CC(=O)C(=O)SC(C)(C)C(NC(=O)C(C)CC)C(=O)OCC)C(=O)OCC)C(=O)OCC. The summed E-state index contributed by atoms with van der Waals surface area (Å²) >= 11 is 1.31. The van der Waals surface area contributed by atoms with Crippen molar-refractivity contribution in [1.29, 1.82) is 0 Å². The summed E-state index contributed by atoms with van der Waals surface area (Å²) in [6.45, 7) is 22.5. The number of nitrogens with one attached hydrogen (secondary N) is 3. The molecule has 0 aliphatic heterocycles. The first-order chi connectivity index (χ1) is 37.5. The molecule has 458 valence electrons. The Hall–Kier alpha value is -5.70. The van der Waals surface area contributed by atoms with E-state index in [2.05, 4.69) is 16.0 Å². The number of Topliss-reactive ketones (excluding diaryl/α,β-unsaturated/α-hetero) is 3. The summed E-state index contributed by atoms with van der Waals surface area (Å²) in [6.07, 6.45) is -2.04. The summed E-state index contributed by atoms with van der Waals surface area (Å²) < 4.78 is 26.3. The summed E-state index contributed by atoms with van der Waals surface area (Å²) in [4.78, 5) is 192. The standard InChI is InChI=1S/C54H83N3O21S3/c1-16-30(6)43(64)55-40(46(67)74-18-3)52(10,11)80-50(71)35(59)28-38(62)77-26-22-24-32(8)45(66)57-42(48(69)76-20-5)54(14,15)81-51(72)36(60)29-39(63)78-33(9)25-21-23-31(7)44(65)56-41(47(68)75-19-4)53(12,13)79-49(70)34(58)27-37(61)73-17-2/h30-33,40-42H,16-29H2,1-15H3,(H,55,64)(H,56,65)(H,57,66). The molecule has 0 saturated carbocycles. The Morgan fingerprint density at radius 3 is 1.04 bits per heavy atom. The molecule has 81 heavy (non-hydrogen) atoms. The second-order valence-corrected chi connectivity index (χ2v) is 25.3. The molecule has 3 amide bonds. The summed E-state index contributed by atoms with van der Waals surface area (Å²) in [5.74, 6) is -12.6. The van der Waals surface area contributed by atoms with Crippen LogP contribution in [0.4, 0.5) is 0 Å². The minimum absolute atomic E-state index is 0.00414. The van der Waals surface area contributed by atoms with Crippen LogP contribution in [0.25, 0.3) is 0 Å². The molecule has 0 aromatic rings. The van der Waals surface area contributed by atoms with Crippen molar-refractivity contribution >= 4 is 122 Å². The molecule has 0 aliphatic carbocycles. The predicted molar refractivity (Wildman–Crippen MR) is 299 cm³/mol. The lowest BCUT2D eigenvalue weighted by Gasteiger charge is -2.32. The van der Waals surface area contributed by atoms with Gasteiger partial charge in [0.05, 0.1) is 39.1 Å². The van der Waals surface area contributed by atoms with Crippen LogP contribution in [0, 0.1) is 17.8 Å². The quantitative estimate of drug-likeness (QED) is 0.0253. The number of rotatable bonds is 38. The van der Waals surface area contributed by atoms with Crippen molar-refractivity contribution in [2.45, 2.75) is 200 Å². The van der Waals surface area contributed by atoms with Crippen molar-refractivity contribution in [2.24, 2.45) is 17.8 Å². The van der Waals surface area contributed by atoms with E-state index < -0.39 is 162 Å². The minimum Gasteiger partial charge on any atom is -0.466 e. The van der Waals surface area contributed by atoms with E-state index in [0.717, 1.165) is 0 Å². The molecular formula is C54H83N3O21S3. The van der Waals surface area contributed by atoms with E-state index in [1.54, 1.807) is 34.6 Å². The van der Waals surface area contributed by atoms with Crippen molar-refractivity contribution in [3.05, 3.63) is 0 Å². The Labute approximate surface area is 486 Å². The van der Waals surface area contributed by atoms with Gasteiger partial charge in [0.25, 0.3) is 15.3 Å². The first kappa shape index (κ1) is 75.3. The first-order valence-corrected chi connectivity index (χ1v) is 29.2. The van der Waals surface area contributed by atoms with Crippen LogP contribution in [-0.2, 0) is 100 Å². The smallest absolute Gasteiger partial charge is 0.330 e. The van der Waals surface area contributed by atoms with Crippen molar-refractivity contribution in [3.8, 4) is 0 Å². The second kappa shape index (κ2) is 36.7. The Bertz CT molecular complexity index is 2280. The molecular weight excluding hydrogens is 1120 g/mol. The van der Waals surface area contributed by atoms with Crippen LogP contribution in [0.1, 0.15) is 162 Å². The van der Waals surface area contributed by atoms with Gasteiger partial charge in [0, 0.05) is 32.0 Å². The topological polar surface area (TPSA) is 348 Å². The van der Waals surface area contributed by atoms with Crippen molar-refractivity contribution < 1.29 is 100 Å². The highest BCUT2D eigenvalue weighted by atomic mass is 32.2. The summed E-state index contributed by atoms with van der Waals surface area (Å²) in [5.41, 5.74) is 0. The average Bonchev–Trinajstić information content (AvgIpc) is 3.37. The van der Waals surface area contributed by atoms with Crippen molar-refractivity contribution in [2.75, 3.05) is 33.0 Å². The van der Waals surface area contributed by atoms with E-state index in [1.165, 1.54) is 69.2 Å².